The number of ketones is 1. The Balaban J connectivity index is 1.78. The first-order valence-electron chi connectivity index (χ1n) is 7.63. The molecule has 0 atom stereocenters. The molecule has 3 rings (SSSR count). The summed E-state index contributed by atoms with van der Waals surface area (Å²) in [5.41, 5.74) is 1.07. The van der Waals surface area contributed by atoms with Crippen molar-refractivity contribution in [3.8, 4) is 11.5 Å². The molecule has 0 aromatic heterocycles. The van der Waals surface area contributed by atoms with Crippen molar-refractivity contribution in [1.82, 2.24) is 4.31 Å². The van der Waals surface area contributed by atoms with Crippen LogP contribution >= 0.6 is 11.6 Å². The van der Waals surface area contributed by atoms with Gasteiger partial charge in [-0.3, -0.25) is 4.79 Å². The van der Waals surface area contributed by atoms with Gasteiger partial charge in [0.2, 0.25) is 16.8 Å². The number of halogens is 1. The lowest BCUT2D eigenvalue weighted by Crippen LogP contribution is -2.22. The van der Waals surface area contributed by atoms with Crippen LogP contribution in [0.15, 0.2) is 47.4 Å². The summed E-state index contributed by atoms with van der Waals surface area (Å²) in [6, 6.07) is 9.18. The molecule has 6 nitrogen and oxygen atoms in total. The fraction of sp³-hybridized carbons (Fsp3) is 0.167. The predicted molar refractivity (Wildman–Crippen MR) is 98.3 cm³/mol. The maximum atomic E-state index is 12.3. The number of sulfonamides is 1. The molecular weight excluding hydrogens is 378 g/mol. The lowest BCUT2D eigenvalue weighted by atomic mass is 10.1. The molecule has 26 heavy (non-hydrogen) atoms. The van der Waals surface area contributed by atoms with Gasteiger partial charge in [0.05, 0.1) is 9.92 Å². The Kier molecular flexibility index (Phi) is 5.04. The third kappa shape index (κ3) is 3.60. The highest BCUT2D eigenvalue weighted by atomic mass is 35.5. The molecule has 8 heteroatoms. The third-order valence-corrected chi connectivity index (χ3v) is 5.90. The Morgan fingerprint density at radius 1 is 1.15 bits per heavy atom. The van der Waals surface area contributed by atoms with Gasteiger partial charge in [-0.1, -0.05) is 17.7 Å². The summed E-state index contributed by atoms with van der Waals surface area (Å²) >= 11 is 6.11. The smallest absolute Gasteiger partial charge is 0.242 e. The van der Waals surface area contributed by atoms with Gasteiger partial charge in [-0.25, -0.2) is 12.7 Å². The van der Waals surface area contributed by atoms with Gasteiger partial charge in [-0.05, 0) is 48.0 Å². The summed E-state index contributed by atoms with van der Waals surface area (Å²) in [6.45, 7) is 0.114. The van der Waals surface area contributed by atoms with Gasteiger partial charge in [0, 0.05) is 19.7 Å². The van der Waals surface area contributed by atoms with Crippen molar-refractivity contribution in [1.29, 1.82) is 0 Å². The van der Waals surface area contributed by atoms with E-state index in [9.17, 15) is 13.2 Å². The lowest BCUT2D eigenvalue weighted by Gasteiger charge is -2.11. The largest absolute Gasteiger partial charge is 0.454 e. The number of ether oxygens (including phenoxy) is 2. The standard InChI is InChI=1S/C18H16ClNO5S/c1-20(2)26(22,23)14-6-4-13(5-7-14)16(21)8-3-12-9-15(19)18-17(10-12)24-11-25-18/h3-10H,11H2,1-2H3/b8-3+. The van der Waals surface area contributed by atoms with Crippen molar-refractivity contribution in [2.24, 2.45) is 0 Å². The molecule has 2 aromatic rings. The Morgan fingerprint density at radius 2 is 1.85 bits per heavy atom. The highest BCUT2D eigenvalue weighted by Gasteiger charge is 2.18. The Hall–Kier alpha value is -2.35. The summed E-state index contributed by atoms with van der Waals surface area (Å²) in [5.74, 6) is 0.767. The summed E-state index contributed by atoms with van der Waals surface area (Å²) in [4.78, 5) is 12.4. The maximum Gasteiger partial charge on any atom is 0.242 e. The Bertz CT molecular complexity index is 981. The second-order valence-electron chi connectivity index (χ2n) is 5.75. The maximum absolute atomic E-state index is 12.3. The average molecular weight is 394 g/mol. The molecule has 136 valence electrons. The molecule has 0 unspecified atom stereocenters. The molecule has 0 amide bonds. The zero-order valence-electron chi connectivity index (χ0n) is 14.1. The predicted octanol–water partition coefficient (Wildman–Crippen LogP) is 3.22. The van der Waals surface area contributed by atoms with Crippen LogP contribution in [-0.4, -0.2) is 39.4 Å². The zero-order valence-corrected chi connectivity index (χ0v) is 15.7. The number of carbonyl (C=O) groups excluding carboxylic acids is 1. The summed E-state index contributed by atoms with van der Waals surface area (Å²) in [6.07, 6.45) is 3.00. The molecule has 0 aliphatic carbocycles. The number of nitrogens with zero attached hydrogens (tertiary/aromatic N) is 1. The molecule has 1 aliphatic rings. The van der Waals surface area contributed by atoms with Crippen molar-refractivity contribution in [2.45, 2.75) is 4.90 Å². The highest BCUT2D eigenvalue weighted by Crippen LogP contribution is 2.40. The highest BCUT2D eigenvalue weighted by molar-refractivity contribution is 7.89. The summed E-state index contributed by atoms with van der Waals surface area (Å²) in [7, 11) is -0.618. The lowest BCUT2D eigenvalue weighted by molar-refractivity contribution is 0.104. The number of hydrogen-bond acceptors (Lipinski definition) is 5. The van der Waals surface area contributed by atoms with Crippen molar-refractivity contribution < 1.29 is 22.7 Å². The number of allylic oxidation sites excluding steroid dienone is 1. The monoisotopic (exact) mass is 393 g/mol. The molecule has 0 radical (unpaired) electrons. The van der Waals surface area contributed by atoms with E-state index in [4.69, 9.17) is 21.1 Å². The molecule has 1 aliphatic heterocycles. The minimum Gasteiger partial charge on any atom is -0.454 e. The van der Waals surface area contributed by atoms with Gasteiger partial charge in [-0.2, -0.15) is 0 Å². The first-order valence-corrected chi connectivity index (χ1v) is 9.45. The molecule has 0 fully saturated rings. The van der Waals surface area contributed by atoms with Crippen LogP contribution in [0.5, 0.6) is 11.5 Å². The van der Waals surface area contributed by atoms with Crippen LogP contribution in [0.4, 0.5) is 0 Å². The van der Waals surface area contributed by atoms with Gasteiger partial charge in [0.25, 0.3) is 0 Å². The van der Waals surface area contributed by atoms with E-state index >= 15 is 0 Å². The van der Waals surface area contributed by atoms with Crippen molar-refractivity contribution >= 4 is 33.5 Å². The number of rotatable bonds is 5. The number of hydrogen-bond donors (Lipinski definition) is 0. The number of carbonyl (C=O) groups is 1. The van der Waals surface area contributed by atoms with Crippen LogP contribution in [0.2, 0.25) is 5.02 Å². The van der Waals surface area contributed by atoms with E-state index in [0.717, 1.165) is 4.31 Å². The van der Waals surface area contributed by atoms with Gasteiger partial charge in [0.1, 0.15) is 0 Å². The van der Waals surface area contributed by atoms with Crippen LogP contribution in [0.3, 0.4) is 0 Å². The zero-order chi connectivity index (χ0) is 18.9. The van der Waals surface area contributed by atoms with E-state index in [1.54, 1.807) is 18.2 Å². The van der Waals surface area contributed by atoms with E-state index in [0.29, 0.717) is 27.6 Å². The third-order valence-electron chi connectivity index (χ3n) is 3.79. The first-order chi connectivity index (χ1) is 12.3. The van der Waals surface area contributed by atoms with Crippen LogP contribution in [0, 0.1) is 0 Å². The van der Waals surface area contributed by atoms with Crippen LogP contribution in [0.1, 0.15) is 15.9 Å². The SMILES string of the molecule is CN(C)S(=O)(=O)c1ccc(C(=O)/C=C/c2cc(Cl)c3c(c2)OCO3)cc1. The molecular formula is C18H16ClNO5S. The summed E-state index contributed by atoms with van der Waals surface area (Å²) < 4.78 is 35.7. The molecule has 0 bridgehead atoms. The fourth-order valence-electron chi connectivity index (χ4n) is 2.35. The number of benzene rings is 2. The summed E-state index contributed by atoms with van der Waals surface area (Å²) in [5, 5.41) is 0.408. The molecule has 0 spiro atoms. The average Bonchev–Trinajstić information content (AvgIpc) is 3.09. The van der Waals surface area contributed by atoms with E-state index in [1.807, 2.05) is 0 Å². The van der Waals surface area contributed by atoms with Crippen molar-refractivity contribution in [3.05, 3.63) is 58.6 Å². The Morgan fingerprint density at radius 3 is 2.50 bits per heavy atom. The van der Waals surface area contributed by atoms with Gasteiger partial charge in [0.15, 0.2) is 17.3 Å². The quantitative estimate of drug-likeness (QED) is 0.576. The Labute approximate surface area is 156 Å². The second kappa shape index (κ2) is 7.11. The molecule has 1 heterocycles. The molecule has 0 saturated carbocycles. The second-order valence-corrected chi connectivity index (χ2v) is 8.30. The van der Waals surface area contributed by atoms with Crippen LogP contribution in [0.25, 0.3) is 6.08 Å². The fourth-order valence-corrected chi connectivity index (χ4v) is 3.53. The van der Waals surface area contributed by atoms with Crippen molar-refractivity contribution in [2.75, 3.05) is 20.9 Å². The first kappa shape index (κ1) is 18.4. The minimum absolute atomic E-state index is 0.114. The molecule has 0 saturated heterocycles. The number of fused-ring (bicyclic) bond motifs is 1. The van der Waals surface area contributed by atoms with Gasteiger partial charge < -0.3 is 9.47 Å². The van der Waals surface area contributed by atoms with Crippen LogP contribution < -0.4 is 9.47 Å². The minimum atomic E-state index is -3.52. The van der Waals surface area contributed by atoms with E-state index < -0.39 is 10.0 Å². The van der Waals surface area contributed by atoms with Gasteiger partial charge in [-0.15, -0.1) is 0 Å². The van der Waals surface area contributed by atoms with E-state index in [-0.39, 0.29) is 17.5 Å². The van der Waals surface area contributed by atoms with E-state index in [1.165, 1.54) is 44.4 Å². The molecule has 0 N–H and O–H groups in total. The van der Waals surface area contributed by atoms with E-state index in [2.05, 4.69) is 0 Å². The normalized spacial score (nSPS) is 13.5. The molecule has 2 aromatic carbocycles. The van der Waals surface area contributed by atoms with Crippen molar-refractivity contribution in [3.63, 3.8) is 0 Å². The van der Waals surface area contributed by atoms with Gasteiger partial charge >= 0.3 is 0 Å². The van der Waals surface area contributed by atoms with Crippen LogP contribution in [-0.2, 0) is 10.0 Å². The topological polar surface area (TPSA) is 72.9 Å².